The molecule has 0 heterocycles. The van der Waals surface area contributed by atoms with Crippen LogP contribution in [0.15, 0.2) is 0 Å². The molecule has 48 heavy (non-hydrogen) atoms. The lowest BCUT2D eigenvalue weighted by Gasteiger charge is -2.28. The standard InChI is InChI=1S/C46H96N2/c1-5-9-13-17-21-25-29-33-37-41-47(42-38-34-30-26-22-18-14-10-6-2)45-46-48(43-39-35-31-27-23-19-15-11-7-3)44-40-36-32-28-24-20-16-12-8-4/h5-46H2,1-4H3. The number of rotatable bonds is 43. The molecule has 0 fully saturated rings. The first-order valence-electron chi connectivity index (χ1n) is 23.2. The van der Waals surface area contributed by atoms with Gasteiger partial charge in [0, 0.05) is 13.1 Å². The van der Waals surface area contributed by atoms with Crippen LogP contribution in [0.3, 0.4) is 0 Å². The monoisotopic (exact) mass is 677 g/mol. The summed E-state index contributed by atoms with van der Waals surface area (Å²) in [5, 5.41) is 0. The highest BCUT2D eigenvalue weighted by atomic mass is 15.2. The van der Waals surface area contributed by atoms with Crippen LogP contribution in [-0.2, 0) is 0 Å². The SMILES string of the molecule is CCCCCCCCCCCN(CCCCCCCCCCC)CCN(CCCCCCCCCCC)CCCCCCCCCCC. The van der Waals surface area contributed by atoms with Gasteiger partial charge in [0.25, 0.3) is 0 Å². The van der Waals surface area contributed by atoms with Crippen molar-refractivity contribution in [3.05, 3.63) is 0 Å². The van der Waals surface area contributed by atoms with Crippen LogP contribution < -0.4 is 0 Å². The van der Waals surface area contributed by atoms with E-state index in [1.54, 1.807) is 0 Å². The molecule has 0 atom stereocenters. The van der Waals surface area contributed by atoms with Gasteiger partial charge in [0.05, 0.1) is 0 Å². The predicted molar refractivity (Wildman–Crippen MR) is 222 cm³/mol. The second-order valence-corrected chi connectivity index (χ2v) is 16.0. The van der Waals surface area contributed by atoms with Crippen LogP contribution in [0.5, 0.6) is 0 Å². The first kappa shape index (κ1) is 47.9. The van der Waals surface area contributed by atoms with E-state index in [1.807, 2.05) is 0 Å². The molecule has 2 heteroatoms. The summed E-state index contributed by atoms with van der Waals surface area (Å²) in [5.41, 5.74) is 0. The zero-order chi connectivity index (χ0) is 34.9. The predicted octanol–water partition coefficient (Wildman–Crippen LogP) is 15.7. The van der Waals surface area contributed by atoms with E-state index in [2.05, 4.69) is 37.5 Å². The largest absolute Gasteiger partial charge is 0.302 e. The Hall–Kier alpha value is -0.0800. The average molecular weight is 677 g/mol. The molecular weight excluding hydrogens is 581 g/mol. The molecule has 0 rings (SSSR count). The second-order valence-electron chi connectivity index (χ2n) is 16.0. The van der Waals surface area contributed by atoms with Gasteiger partial charge < -0.3 is 9.80 Å². The highest BCUT2D eigenvalue weighted by molar-refractivity contribution is 4.66. The molecule has 0 aliphatic carbocycles. The number of hydrogen-bond acceptors (Lipinski definition) is 2. The summed E-state index contributed by atoms with van der Waals surface area (Å²) in [5.74, 6) is 0. The van der Waals surface area contributed by atoms with Crippen LogP contribution in [-0.4, -0.2) is 49.1 Å². The van der Waals surface area contributed by atoms with Gasteiger partial charge in [-0.3, -0.25) is 0 Å². The molecule has 0 spiro atoms. The minimum Gasteiger partial charge on any atom is -0.302 e. The molecule has 0 bridgehead atoms. The van der Waals surface area contributed by atoms with Crippen molar-refractivity contribution in [1.29, 1.82) is 0 Å². The zero-order valence-electron chi connectivity index (χ0n) is 34.6. The van der Waals surface area contributed by atoms with Gasteiger partial charge in [-0.05, 0) is 51.9 Å². The number of hydrogen-bond donors (Lipinski definition) is 0. The molecule has 0 aliphatic heterocycles. The van der Waals surface area contributed by atoms with Crippen LogP contribution in [0.25, 0.3) is 0 Å². The Bertz CT molecular complexity index is 456. The molecule has 0 unspecified atom stereocenters. The molecule has 0 amide bonds. The molecule has 2 nitrogen and oxygen atoms in total. The van der Waals surface area contributed by atoms with Crippen molar-refractivity contribution < 1.29 is 0 Å². The van der Waals surface area contributed by atoms with Gasteiger partial charge in [0.15, 0.2) is 0 Å². The average Bonchev–Trinajstić information content (AvgIpc) is 3.10. The summed E-state index contributed by atoms with van der Waals surface area (Å²) >= 11 is 0. The molecule has 0 aromatic rings. The Balaban J connectivity index is 4.65. The van der Waals surface area contributed by atoms with Gasteiger partial charge in [-0.1, -0.05) is 233 Å². The van der Waals surface area contributed by atoms with E-state index in [0.29, 0.717) is 0 Å². The smallest absolute Gasteiger partial charge is 0.0109 e. The van der Waals surface area contributed by atoms with Crippen molar-refractivity contribution in [2.45, 2.75) is 259 Å². The minimum atomic E-state index is 1.31. The Morgan fingerprint density at radius 3 is 0.479 bits per heavy atom. The summed E-state index contributed by atoms with van der Waals surface area (Å²) < 4.78 is 0. The van der Waals surface area contributed by atoms with Gasteiger partial charge in [-0.2, -0.15) is 0 Å². The van der Waals surface area contributed by atoms with Crippen LogP contribution in [0.1, 0.15) is 259 Å². The van der Waals surface area contributed by atoms with E-state index in [1.165, 1.54) is 270 Å². The number of unbranched alkanes of at least 4 members (excludes halogenated alkanes) is 32. The van der Waals surface area contributed by atoms with Crippen LogP contribution in [0.2, 0.25) is 0 Å². The Morgan fingerprint density at radius 1 is 0.167 bits per heavy atom. The molecule has 0 aromatic heterocycles. The second kappa shape index (κ2) is 43.1. The van der Waals surface area contributed by atoms with Crippen molar-refractivity contribution in [3.8, 4) is 0 Å². The third kappa shape index (κ3) is 38.7. The zero-order valence-corrected chi connectivity index (χ0v) is 34.6. The van der Waals surface area contributed by atoms with Crippen molar-refractivity contribution in [3.63, 3.8) is 0 Å². The van der Waals surface area contributed by atoms with Crippen LogP contribution in [0, 0.1) is 0 Å². The molecule has 0 saturated heterocycles. The normalized spacial score (nSPS) is 11.9. The van der Waals surface area contributed by atoms with Crippen LogP contribution >= 0.6 is 0 Å². The maximum atomic E-state index is 2.89. The Labute approximate surface area is 307 Å². The molecule has 0 N–H and O–H groups in total. The summed E-state index contributed by atoms with van der Waals surface area (Å²) in [6.07, 6.45) is 51.9. The Kier molecular flexibility index (Phi) is 43.0. The Morgan fingerprint density at radius 2 is 0.312 bits per heavy atom. The third-order valence-corrected chi connectivity index (χ3v) is 11.0. The summed E-state index contributed by atoms with van der Waals surface area (Å²) in [6, 6.07) is 0. The van der Waals surface area contributed by atoms with Gasteiger partial charge >= 0.3 is 0 Å². The summed E-state index contributed by atoms with van der Waals surface area (Å²) in [7, 11) is 0. The van der Waals surface area contributed by atoms with Crippen molar-refractivity contribution in [2.75, 3.05) is 39.3 Å². The lowest BCUT2D eigenvalue weighted by molar-refractivity contribution is 0.192. The van der Waals surface area contributed by atoms with Gasteiger partial charge in [-0.15, -0.1) is 0 Å². The van der Waals surface area contributed by atoms with E-state index in [0.717, 1.165) is 0 Å². The summed E-state index contributed by atoms with van der Waals surface area (Å²) in [6.45, 7) is 17.3. The fourth-order valence-corrected chi connectivity index (χ4v) is 7.54. The first-order valence-corrected chi connectivity index (χ1v) is 23.2. The quantitative estimate of drug-likeness (QED) is 0.0593. The van der Waals surface area contributed by atoms with Crippen molar-refractivity contribution in [2.24, 2.45) is 0 Å². The van der Waals surface area contributed by atoms with Gasteiger partial charge in [0.2, 0.25) is 0 Å². The topological polar surface area (TPSA) is 6.48 Å². The molecular formula is C46H96N2. The van der Waals surface area contributed by atoms with E-state index >= 15 is 0 Å². The van der Waals surface area contributed by atoms with E-state index < -0.39 is 0 Å². The lowest BCUT2D eigenvalue weighted by atomic mass is 10.1. The molecule has 290 valence electrons. The molecule has 0 aromatic carbocycles. The van der Waals surface area contributed by atoms with Crippen molar-refractivity contribution in [1.82, 2.24) is 9.80 Å². The highest BCUT2D eigenvalue weighted by Crippen LogP contribution is 2.15. The first-order chi connectivity index (χ1) is 23.8. The molecule has 0 saturated carbocycles. The van der Waals surface area contributed by atoms with E-state index in [-0.39, 0.29) is 0 Å². The summed E-state index contributed by atoms with van der Waals surface area (Å²) in [4.78, 5) is 5.78. The fourth-order valence-electron chi connectivity index (χ4n) is 7.54. The maximum Gasteiger partial charge on any atom is 0.0109 e. The lowest BCUT2D eigenvalue weighted by Crippen LogP contribution is -2.37. The maximum absolute atomic E-state index is 2.89. The minimum absolute atomic E-state index is 1.31. The number of nitrogens with zero attached hydrogens (tertiary/aromatic N) is 2. The van der Waals surface area contributed by atoms with E-state index in [9.17, 15) is 0 Å². The van der Waals surface area contributed by atoms with E-state index in [4.69, 9.17) is 0 Å². The molecule has 0 radical (unpaired) electrons. The van der Waals surface area contributed by atoms with Gasteiger partial charge in [-0.25, -0.2) is 0 Å². The molecule has 0 aliphatic rings. The van der Waals surface area contributed by atoms with Crippen molar-refractivity contribution >= 4 is 0 Å². The highest BCUT2D eigenvalue weighted by Gasteiger charge is 2.10. The van der Waals surface area contributed by atoms with Crippen LogP contribution in [0.4, 0.5) is 0 Å². The van der Waals surface area contributed by atoms with Gasteiger partial charge in [0.1, 0.15) is 0 Å². The third-order valence-electron chi connectivity index (χ3n) is 11.0. The fraction of sp³-hybridized carbons (Fsp3) is 1.00.